The van der Waals surface area contributed by atoms with Crippen molar-refractivity contribution in [1.29, 1.82) is 0 Å². The monoisotopic (exact) mass is 408 g/mol. The summed E-state index contributed by atoms with van der Waals surface area (Å²) in [5.74, 6) is 1.54. The Labute approximate surface area is 174 Å². The lowest BCUT2D eigenvalue weighted by molar-refractivity contribution is -0.119. The molecule has 1 aliphatic carbocycles. The van der Waals surface area contributed by atoms with Crippen LogP contribution in [0.1, 0.15) is 30.0 Å². The number of para-hydroxylation sites is 2. The smallest absolute Gasteiger partial charge is 0.230 e. The summed E-state index contributed by atoms with van der Waals surface area (Å²) in [7, 11) is 1.63. The molecule has 0 spiro atoms. The molecule has 1 heterocycles. The molecule has 0 saturated heterocycles. The van der Waals surface area contributed by atoms with E-state index in [2.05, 4.69) is 46.7 Å². The lowest BCUT2D eigenvalue weighted by Crippen LogP contribution is -2.31. The van der Waals surface area contributed by atoms with Crippen LogP contribution in [-0.2, 0) is 4.79 Å². The normalized spacial score (nSPS) is 14.4. The summed E-state index contributed by atoms with van der Waals surface area (Å²) >= 11 is 1.37. The lowest BCUT2D eigenvalue weighted by Gasteiger charge is -2.19. The minimum atomic E-state index is 0.00190. The van der Waals surface area contributed by atoms with Crippen molar-refractivity contribution in [2.24, 2.45) is 5.92 Å². The van der Waals surface area contributed by atoms with Crippen LogP contribution in [0.5, 0.6) is 5.75 Å². The third kappa shape index (κ3) is 4.62. The molecular weight excluding hydrogens is 384 g/mol. The van der Waals surface area contributed by atoms with Crippen molar-refractivity contribution < 1.29 is 9.53 Å². The van der Waals surface area contributed by atoms with Gasteiger partial charge in [0.1, 0.15) is 12.1 Å². The van der Waals surface area contributed by atoms with Crippen LogP contribution in [0.25, 0.3) is 5.69 Å². The van der Waals surface area contributed by atoms with E-state index in [1.54, 1.807) is 13.4 Å². The summed E-state index contributed by atoms with van der Waals surface area (Å²) in [5.41, 5.74) is 3.24. The molecule has 1 fully saturated rings. The molecule has 6 nitrogen and oxygen atoms in total. The zero-order valence-corrected chi connectivity index (χ0v) is 17.4. The highest BCUT2D eigenvalue weighted by molar-refractivity contribution is 7.99. The number of hydrogen-bond acceptors (Lipinski definition) is 5. The highest BCUT2D eigenvalue weighted by Crippen LogP contribution is 2.41. The van der Waals surface area contributed by atoms with Crippen LogP contribution >= 0.6 is 11.8 Å². The van der Waals surface area contributed by atoms with Gasteiger partial charge < -0.3 is 10.1 Å². The van der Waals surface area contributed by atoms with Gasteiger partial charge in [0.25, 0.3) is 0 Å². The topological polar surface area (TPSA) is 69.0 Å². The molecule has 29 heavy (non-hydrogen) atoms. The zero-order valence-electron chi connectivity index (χ0n) is 16.5. The molecule has 3 aromatic rings. The maximum absolute atomic E-state index is 12.7. The highest BCUT2D eigenvalue weighted by atomic mass is 32.2. The van der Waals surface area contributed by atoms with Gasteiger partial charge in [-0.25, -0.2) is 0 Å². The quantitative estimate of drug-likeness (QED) is 0.572. The Morgan fingerprint density at radius 2 is 2.00 bits per heavy atom. The largest absolute Gasteiger partial charge is 0.495 e. The number of amides is 1. The molecule has 0 radical (unpaired) electrons. The van der Waals surface area contributed by atoms with E-state index in [1.807, 2.05) is 28.8 Å². The molecular formula is C22H24N4O2S. The maximum atomic E-state index is 12.7. The van der Waals surface area contributed by atoms with Crippen LogP contribution in [0.3, 0.4) is 0 Å². The summed E-state index contributed by atoms with van der Waals surface area (Å²) in [4.78, 5) is 12.7. The predicted octanol–water partition coefficient (Wildman–Crippen LogP) is 3.94. The summed E-state index contributed by atoms with van der Waals surface area (Å²) in [5, 5.41) is 12.1. The number of benzene rings is 2. The molecule has 4 rings (SSSR count). The molecule has 150 valence electrons. The third-order valence-corrected chi connectivity index (χ3v) is 5.98. The third-order valence-electron chi connectivity index (χ3n) is 5.04. The Morgan fingerprint density at radius 3 is 2.72 bits per heavy atom. The summed E-state index contributed by atoms with van der Waals surface area (Å²) in [6.45, 7) is 2.07. The summed E-state index contributed by atoms with van der Waals surface area (Å²) < 4.78 is 7.27. The van der Waals surface area contributed by atoms with E-state index in [-0.39, 0.29) is 17.7 Å². The number of thioether (sulfide) groups is 1. The molecule has 7 heteroatoms. The first-order chi connectivity index (χ1) is 14.2. The van der Waals surface area contributed by atoms with Crippen molar-refractivity contribution in [3.8, 4) is 11.4 Å². The minimum absolute atomic E-state index is 0.00190. The minimum Gasteiger partial charge on any atom is -0.495 e. The first-order valence-electron chi connectivity index (χ1n) is 9.68. The van der Waals surface area contributed by atoms with E-state index < -0.39 is 0 Å². The van der Waals surface area contributed by atoms with E-state index in [0.29, 0.717) is 11.1 Å². The molecule has 2 aromatic carbocycles. The molecule has 1 amide bonds. The van der Waals surface area contributed by atoms with Crippen LogP contribution in [0.4, 0.5) is 0 Å². The molecule has 1 unspecified atom stereocenters. The number of nitrogens with one attached hydrogen (secondary N) is 1. The van der Waals surface area contributed by atoms with E-state index in [4.69, 9.17) is 4.74 Å². The standard InChI is InChI=1S/C22H24N4O2S/c1-15-7-9-16(10-8-15)21(17-11-12-17)24-20(27)13-29-22-25-23-14-26(22)18-5-3-4-6-19(18)28-2/h3-10,14,17,21H,11-13H2,1-2H3,(H,24,27). The number of hydrogen-bond donors (Lipinski definition) is 1. The van der Waals surface area contributed by atoms with Gasteiger partial charge in [-0.15, -0.1) is 10.2 Å². The van der Waals surface area contributed by atoms with Crippen LogP contribution < -0.4 is 10.1 Å². The van der Waals surface area contributed by atoms with Crippen LogP contribution in [0, 0.1) is 12.8 Å². The van der Waals surface area contributed by atoms with Gasteiger partial charge in [0.05, 0.1) is 24.6 Å². The zero-order chi connectivity index (χ0) is 20.2. The van der Waals surface area contributed by atoms with E-state index in [0.717, 1.165) is 24.3 Å². The second-order valence-electron chi connectivity index (χ2n) is 7.24. The second-order valence-corrected chi connectivity index (χ2v) is 8.18. The number of aryl methyl sites for hydroxylation is 1. The Kier molecular flexibility index (Phi) is 5.85. The Morgan fingerprint density at radius 1 is 1.24 bits per heavy atom. The Balaban J connectivity index is 1.42. The van der Waals surface area contributed by atoms with Crippen molar-refractivity contribution in [3.63, 3.8) is 0 Å². The van der Waals surface area contributed by atoms with E-state index in [9.17, 15) is 4.79 Å². The average Bonchev–Trinajstić information content (AvgIpc) is 3.48. The number of aromatic nitrogens is 3. The molecule has 0 aliphatic heterocycles. The first kappa shape index (κ1) is 19.5. The number of methoxy groups -OCH3 is 1. The van der Waals surface area contributed by atoms with Crippen molar-refractivity contribution in [1.82, 2.24) is 20.1 Å². The van der Waals surface area contributed by atoms with Gasteiger partial charge in [0.2, 0.25) is 5.91 Å². The first-order valence-corrected chi connectivity index (χ1v) is 10.7. The van der Waals surface area contributed by atoms with Crippen molar-refractivity contribution in [2.75, 3.05) is 12.9 Å². The number of carbonyl (C=O) groups excluding carboxylic acids is 1. The molecule has 1 N–H and O–H groups in total. The van der Waals surface area contributed by atoms with Gasteiger partial charge in [0.15, 0.2) is 5.16 Å². The number of ether oxygens (including phenoxy) is 1. The molecule has 1 aliphatic rings. The fraction of sp³-hybridized carbons (Fsp3) is 0.318. The fourth-order valence-corrected chi connectivity index (χ4v) is 4.07. The fourth-order valence-electron chi connectivity index (χ4n) is 3.34. The van der Waals surface area contributed by atoms with Gasteiger partial charge >= 0.3 is 0 Å². The van der Waals surface area contributed by atoms with Gasteiger partial charge in [0, 0.05) is 0 Å². The molecule has 0 bridgehead atoms. The Bertz CT molecular complexity index is 982. The van der Waals surface area contributed by atoms with Gasteiger partial charge in [-0.05, 0) is 43.4 Å². The van der Waals surface area contributed by atoms with Crippen LogP contribution in [0.2, 0.25) is 0 Å². The van der Waals surface area contributed by atoms with Crippen LogP contribution in [0.15, 0.2) is 60.0 Å². The van der Waals surface area contributed by atoms with E-state index in [1.165, 1.54) is 22.9 Å². The molecule has 1 atom stereocenters. The van der Waals surface area contributed by atoms with Gasteiger partial charge in [-0.1, -0.05) is 53.7 Å². The number of carbonyl (C=O) groups is 1. The van der Waals surface area contributed by atoms with Crippen molar-refractivity contribution >= 4 is 17.7 Å². The molecule has 1 saturated carbocycles. The number of rotatable bonds is 8. The van der Waals surface area contributed by atoms with Crippen molar-refractivity contribution in [3.05, 3.63) is 66.0 Å². The van der Waals surface area contributed by atoms with Gasteiger partial charge in [-0.3, -0.25) is 9.36 Å². The van der Waals surface area contributed by atoms with Crippen LogP contribution in [-0.4, -0.2) is 33.5 Å². The highest BCUT2D eigenvalue weighted by Gasteiger charge is 2.33. The predicted molar refractivity (Wildman–Crippen MR) is 113 cm³/mol. The average molecular weight is 409 g/mol. The lowest BCUT2D eigenvalue weighted by atomic mass is 10.0. The Hall–Kier alpha value is -2.80. The summed E-state index contributed by atoms with van der Waals surface area (Å²) in [6.07, 6.45) is 3.96. The summed E-state index contributed by atoms with van der Waals surface area (Å²) in [6, 6.07) is 16.2. The van der Waals surface area contributed by atoms with E-state index >= 15 is 0 Å². The molecule has 1 aromatic heterocycles. The second kappa shape index (κ2) is 8.69. The number of nitrogens with zero attached hydrogens (tertiary/aromatic N) is 3. The SMILES string of the molecule is COc1ccccc1-n1cnnc1SCC(=O)NC(c1ccc(C)cc1)C1CC1. The maximum Gasteiger partial charge on any atom is 0.230 e. The van der Waals surface area contributed by atoms with Crippen molar-refractivity contribution in [2.45, 2.75) is 31.0 Å². The van der Waals surface area contributed by atoms with Gasteiger partial charge in [-0.2, -0.15) is 0 Å².